The second-order valence-electron chi connectivity index (χ2n) is 3.58. The highest BCUT2D eigenvalue weighted by Crippen LogP contribution is 2.11. The number of halogens is 1. The number of nitrogens with one attached hydrogen (secondary N) is 1. The minimum atomic E-state index is -0.225. The first-order valence-corrected chi connectivity index (χ1v) is 7.22. The quantitative estimate of drug-likeness (QED) is 0.867. The van der Waals surface area contributed by atoms with E-state index in [9.17, 15) is 4.79 Å². The van der Waals surface area contributed by atoms with Crippen molar-refractivity contribution in [3.05, 3.63) is 28.5 Å². The van der Waals surface area contributed by atoms with Crippen molar-refractivity contribution >= 4 is 33.6 Å². The van der Waals surface area contributed by atoms with Crippen molar-refractivity contribution in [2.45, 2.75) is 18.2 Å². The number of pyridine rings is 1. The molecule has 1 amide bonds. The predicted octanol–water partition coefficient (Wildman–Crippen LogP) is 1.69. The van der Waals surface area contributed by atoms with Gasteiger partial charge in [-0.05, 0) is 41.2 Å². The normalized spacial score (nSPS) is 14.1. The van der Waals surface area contributed by atoms with Crippen LogP contribution in [0.25, 0.3) is 0 Å². The first-order chi connectivity index (χ1) is 8.08. The monoisotopic (exact) mass is 318 g/mol. The Morgan fingerprint density at radius 1 is 1.65 bits per heavy atom. The summed E-state index contributed by atoms with van der Waals surface area (Å²) in [5.41, 5.74) is 0.373. The minimum absolute atomic E-state index is 0.00519. The van der Waals surface area contributed by atoms with E-state index >= 15 is 0 Å². The van der Waals surface area contributed by atoms with Gasteiger partial charge in [-0.1, -0.05) is 0 Å². The van der Waals surface area contributed by atoms with Gasteiger partial charge in [0.05, 0.1) is 6.61 Å². The van der Waals surface area contributed by atoms with Gasteiger partial charge < -0.3 is 10.4 Å². The Bertz CT molecular complexity index is 368. The van der Waals surface area contributed by atoms with E-state index in [-0.39, 0.29) is 23.8 Å². The molecular weight excluding hydrogens is 304 g/mol. The Balaban J connectivity index is 2.62. The van der Waals surface area contributed by atoms with Crippen molar-refractivity contribution in [2.24, 2.45) is 0 Å². The van der Waals surface area contributed by atoms with E-state index < -0.39 is 0 Å². The molecule has 1 rings (SSSR count). The van der Waals surface area contributed by atoms with Gasteiger partial charge in [0.1, 0.15) is 5.69 Å². The molecule has 6 heteroatoms. The van der Waals surface area contributed by atoms with E-state index in [0.717, 1.165) is 4.47 Å². The van der Waals surface area contributed by atoms with Crippen LogP contribution < -0.4 is 5.32 Å². The lowest BCUT2D eigenvalue weighted by atomic mass is 10.2. The van der Waals surface area contributed by atoms with Gasteiger partial charge in [0, 0.05) is 22.0 Å². The molecule has 0 spiro atoms. The largest absolute Gasteiger partial charge is 0.395 e. The van der Waals surface area contributed by atoms with Crippen molar-refractivity contribution in [3.63, 3.8) is 0 Å². The van der Waals surface area contributed by atoms with Crippen LogP contribution in [0.4, 0.5) is 0 Å². The van der Waals surface area contributed by atoms with Crippen molar-refractivity contribution in [1.82, 2.24) is 10.3 Å². The van der Waals surface area contributed by atoms with Gasteiger partial charge in [-0.25, -0.2) is 4.98 Å². The second-order valence-corrected chi connectivity index (χ2v) is 5.57. The van der Waals surface area contributed by atoms with E-state index in [0.29, 0.717) is 5.69 Å². The first-order valence-electron chi connectivity index (χ1n) is 5.14. The van der Waals surface area contributed by atoms with Crippen LogP contribution in [0.15, 0.2) is 22.8 Å². The van der Waals surface area contributed by atoms with Crippen LogP contribution in [0.2, 0.25) is 0 Å². The number of aliphatic hydroxyl groups is 1. The molecule has 2 N–H and O–H groups in total. The summed E-state index contributed by atoms with van der Waals surface area (Å²) in [6, 6.07) is 3.32. The highest BCUT2D eigenvalue weighted by atomic mass is 79.9. The van der Waals surface area contributed by atoms with Gasteiger partial charge in [0.2, 0.25) is 0 Å². The molecule has 17 heavy (non-hydrogen) atoms. The number of rotatable bonds is 5. The summed E-state index contributed by atoms with van der Waals surface area (Å²) in [4.78, 5) is 15.8. The van der Waals surface area contributed by atoms with Crippen molar-refractivity contribution in [3.8, 4) is 0 Å². The molecule has 0 aromatic carbocycles. The molecule has 0 unspecified atom stereocenters. The standard InChI is InChI=1S/C11H15BrN2O2S/c1-7(10(6-15)17-2)14-11(16)9-4-3-8(12)5-13-9/h3-5,7,10,15H,6H2,1-2H3,(H,14,16)/t7-,10+/m0/s1. The third-order valence-corrected chi connectivity index (χ3v) is 3.99. The SMILES string of the molecule is CS[C@H](CO)[C@H](C)NC(=O)c1ccc(Br)cn1. The molecule has 0 bridgehead atoms. The topological polar surface area (TPSA) is 62.2 Å². The average Bonchev–Trinajstić information content (AvgIpc) is 2.31. The number of aromatic nitrogens is 1. The van der Waals surface area contributed by atoms with E-state index in [1.54, 1.807) is 18.3 Å². The molecule has 4 nitrogen and oxygen atoms in total. The fraction of sp³-hybridized carbons (Fsp3) is 0.455. The van der Waals surface area contributed by atoms with Gasteiger partial charge in [0.25, 0.3) is 5.91 Å². The third-order valence-electron chi connectivity index (χ3n) is 2.36. The maximum absolute atomic E-state index is 11.8. The number of thioether (sulfide) groups is 1. The van der Waals surface area contributed by atoms with Crippen LogP contribution in [-0.4, -0.2) is 40.2 Å². The van der Waals surface area contributed by atoms with E-state index in [4.69, 9.17) is 5.11 Å². The van der Waals surface area contributed by atoms with E-state index in [2.05, 4.69) is 26.2 Å². The lowest BCUT2D eigenvalue weighted by molar-refractivity contribution is 0.0931. The first kappa shape index (κ1) is 14.5. The Hall–Kier alpha value is -0.590. The van der Waals surface area contributed by atoms with Gasteiger partial charge in [-0.3, -0.25) is 4.79 Å². The Morgan fingerprint density at radius 2 is 2.35 bits per heavy atom. The molecule has 1 aromatic rings. The van der Waals surface area contributed by atoms with Crippen molar-refractivity contribution in [2.75, 3.05) is 12.9 Å². The summed E-state index contributed by atoms with van der Waals surface area (Å²) in [6.45, 7) is 1.91. The second kappa shape index (κ2) is 6.98. The zero-order valence-corrected chi connectivity index (χ0v) is 12.1. The third kappa shape index (κ3) is 4.29. The molecule has 0 saturated carbocycles. The molecule has 0 fully saturated rings. The molecule has 0 aliphatic rings. The molecule has 0 aliphatic heterocycles. The fourth-order valence-electron chi connectivity index (χ4n) is 1.32. The molecule has 0 aliphatic carbocycles. The Kier molecular flexibility index (Phi) is 5.94. The summed E-state index contributed by atoms with van der Waals surface area (Å²) in [5, 5.41) is 11.9. The zero-order valence-electron chi connectivity index (χ0n) is 9.68. The highest BCUT2D eigenvalue weighted by Gasteiger charge is 2.18. The fourth-order valence-corrected chi connectivity index (χ4v) is 2.18. The van der Waals surface area contributed by atoms with Crippen molar-refractivity contribution in [1.29, 1.82) is 0 Å². The van der Waals surface area contributed by atoms with E-state index in [1.165, 1.54) is 11.8 Å². The zero-order chi connectivity index (χ0) is 12.8. The average molecular weight is 319 g/mol. The molecule has 0 saturated heterocycles. The minimum Gasteiger partial charge on any atom is -0.395 e. The van der Waals surface area contributed by atoms with Crippen LogP contribution in [0.3, 0.4) is 0 Å². The van der Waals surface area contributed by atoms with Crippen molar-refractivity contribution < 1.29 is 9.90 Å². The maximum Gasteiger partial charge on any atom is 0.270 e. The Morgan fingerprint density at radius 3 is 2.82 bits per heavy atom. The van der Waals surface area contributed by atoms with Gasteiger partial charge >= 0.3 is 0 Å². The summed E-state index contributed by atoms with van der Waals surface area (Å²) in [5.74, 6) is -0.225. The molecule has 2 atom stereocenters. The van der Waals surface area contributed by atoms with Gasteiger partial charge in [-0.15, -0.1) is 0 Å². The summed E-state index contributed by atoms with van der Waals surface area (Å²) >= 11 is 4.79. The Labute approximate surface area is 113 Å². The molecule has 0 radical (unpaired) electrons. The van der Waals surface area contributed by atoms with Crippen LogP contribution >= 0.6 is 27.7 Å². The molecule has 1 heterocycles. The predicted molar refractivity (Wildman–Crippen MR) is 73.3 cm³/mol. The number of amides is 1. The summed E-state index contributed by atoms with van der Waals surface area (Å²) < 4.78 is 0.833. The van der Waals surface area contributed by atoms with Gasteiger partial charge in [-0.2, -0.15) is 11.8 Å². The maximum atomic E-state index is 11.8. The van der Waals surface area contributed by atoms with Gasteiger partial charge in [0.15, 0.2) is 0 Å². The highest BCUT2D eigenvalue weighted by molar-refractivity contribution is 9.10. The van der Waals surface area contributed by atoms with Crippen LogP contribution in [0.1, 0.15) is 17.4 Å². The lowest BCUT2D eigenvalue weighted by Gasteiger charge is -2.20. The number of nitrogens with zero attached hydrogens (tertiary/aromatic N) is 1. The summed E-state index contributed by atoms with van der Waals surface area (Å²) in [7, 11) is 0. The molecule has 94 valence electrons. The number of carbonyl (C=O) groups is 1. The molecule has 1 aromatic heterocycles. The number of hydrogen-bond acceptors (Lipinski definition) is 4. The lowest BCUT2D eigenvalue weighted by Crippen LogP contribution is -2.41. The van der Waals surface area contributed by atoms with E-state index in [1.807, 2.05) is 13.2 Å². The number of carbonyl (C=O) groups excluding carboxylic acids is 1. The number of aliphatic hydroxyl groups excluding tert-OH is 1. The number of hydrogen-bond donors (Lipinski definition) is 2. The van der Waals surface area contributed by atoms with Crippen LogP contribution in [-0.2, 0) is 0 Å². The molecular formula is C11H15BrN2O2S. The summed E-state index contributed by atoms with van der Waals surface area (Å²) in [6.07, 6.45) is 3.49. The smallest absolute Gasteiger partial charge is 0.270 e. The van der Waals surface area contributed by atoms with Crippen LogP contribution in [0.5, 0.6) is 0 Å². The van der Waals surface area contributed by atoms with Crippen LogP contribution in [0, 0.1) is 0 Å².